The second kappa shape index (κ2) is 5.42. The first-order chi connectivity index (χ1) is 11.4. The van der Waals surface area contributed by atoms with Crippen molar-refractivity contribution in [3.63, 3.8) is 0 Å². The van der Waals surface area contributed by atoms with Gasteiger partial charge in [0.15, 0.2) is 9.84 Å². The van der Waals surface area contributed by atoms with Gasteiger partial charge in [-0.15, -0.1) is 11.3 Å². The molecule has 2 atom stereocenters. The summed E-state index contributed by atoms with van der Waals surface area (Å²) < 4.78 is 25.4. The topological polar surface area (TPSA) is 81.1 Å². The fraction of sp³-hybridized carbons (Fsp3) is 0.500. The van der Waals surface area contributed by atoms with E-state index in [-0.39, 0.29) is 29.4 Å². The second-order valence-electron chi connectivity index (χ2n) is 6.62. The first-order valence-electron chi connectivity index (χ1n) is 7.99. The summed E-state index contributed by atoms with van der Waals surface area (Å²) in [6, 6.07) is 1.87. The number of anilines is 1. The van der Waals surface area contributed by atoms with Crippen molar-refractivity contribution < 1.29 is 13.2 Å². The monoisotopic (exact) mass is 365 g/mol. The van der Waals surface area contributed by atoms with Crippen LogP contribution in [-0.4, -0.2) is 35.6 Å². The van der Waals surface area contributed by atoms with Gasteiger partial charge in [-0.25, -0.2) is 13.1 Å². The number of carbonyl (C=O) groups is 1. The van der Waals surface area contributed by atoms with Crippen LogP contribution in [0.4, 0.5) is 5.82 Å². The maximum Gasteiger partial charge on any atom is 0.226 e. The third-order valence-corrected chi connectivity index (χ3v) is 7.78. The summed E-state index contributed by atoms with van der Waals surface area (Å²) in [5.41, 5.74) is 3.08. The van der Waals surface area contributed by atoms with Crippen LogP contribution in [0.15, 0.2) is 11.4 Å². The quantitative estimate of drug-likeness (QED) is 0.886. The number of fused-ring (bicyclic) bond motifs is 1. The van der Waals surface area contributed by atoms with Gasteiger partial charge < -0.3 is 5.32 Å². The van der Waals surface area contributed by atoms with Gasteiger partial charge in [0.1, 0.15) is 5.82 Å². The van der Waals surface area contributed by atoms with Crippen molar-refractivity contribution in [3.8, 4) is 0 Å². The number of thiophene rings is 1. The number of rotatable bonds is 2. The molecule has 6 nitrogen and oxygen atoms in total. The lowest BCUT2D eigenvalue weighted by Crippen LogP contribution is -2.26. The minimum absolute atomic E-state index is 0.000472. The van der Waals surface area contributed by atoms with Gasteiger partial charge in [0.2, 0.25) is 5.91 Å². The van der Waals surface area contributed by atoms with Crippen LogP contribution in [-0.2, 0) is 14.6 Å². The number of sulfone groups is 1. The second-order valence-corrected chi connectivity index (χ2v) is 9.80. The van der Waals surface area contributed by atoms with Crippen LogP contribution < -0.4 is 5.32 Å². The molecular weight excluding hydrogens is 346 g/mol. The van der Waals surface area contributed by atoms with E-state index in [1.54, 1.807) is 16.0 Å². The standard InChI is InChI=1S/C16H19N3O3S2/c1-9-3-5-23-15(9)12-7-13(20)17-16-14(12)10(2)18-19(16)11-4-6-24(21,22)8-11/h3,5,11-12H,4,6-8H2,1-2H3,(H,17,20)/t11-,12-/m0/s1. The zero-order valence-corrected chi connectivity index (χ0v) is 15.2. The molecule has 0 spiro atoms. The SMILES string of the molecule is Cc1ccsc1[C@H]1CC(=O)Nc2c1c(C)nn2[C@H]1CCS(=O)(=O)C1. The van der Waals surface area contributed by atoms with E-state index in [1.807, 2.05) is 12.3 Å². The third kappa shape index (κ3) is 2.48. The van der Waals surface area contributed by atoms with Gasteiger partial charge in [0.25, 0.3) is 0 Å². The van der Waals surface area contributed by atoms with E-state index in [0.29, 0.717) is 18.7 Å². The molecule has 2 aromatic rings. The number of nitrogens with one attached hydrogen (secondary N) is 1. The van der Waals surface area contributed by atoms with Crippen LogP contribution in [0.3, 0.4) is 0 Å². The van der Waals surface area contributed by atoms with Gasteiger partial charge in [-0.05, 0) is 37.3 Å². The van der Waals surface area contributed by atoms with Crippen molar-refractivity contribution in [2.24, 2.45) is 0 Å². The van der Waals surface area contributed by atoms with Gasteiger partial charge in [-0.3, -0.25) is 4.79 Å². The summed E-state index contributed by atoms with van der Waals surface area (Å²) >= 11 is 1.66. The number of aryl methyl sites for hydroxylation is 2. The number of amides is 1. The summed E-state index contributed by atoms with van der Waals surface area (Å²) in [6.45, 7) is 3.99. The predicted molar refractivity (Wildman–Crippen MR) is 93.4 cm³/mol. The largest absolute Gasteiger partial charge is 0.311 e. The maximum atomic E-state index is 12.3. The van der Waals surface area contributed by atoms with Gasteiger partial charge in [-0.2, -0.15) is 5.10 Å². The van der Waals surface area contributed by atoms with Crippen molar-refractivity contribution in [2.75, 3.05) is 16.8 Å². The molecule has 0 saturated carbocycles. The lowest BCUT2D eigenvalue weighted by atomic mass is 9.89. The molecule has 0 aromatic carbocycles. The van der Waals surface area contributed by atoms with Crippen molar-refractivity contribution in [1.29, 1.82) is 0 Å². The number of aromatic nitrogens is 2. The molecule has 0 bridgehead atoms. The molecule has 24 heavy (non-hydrogen) atoms. The summed E-state index contributed by atoms with van der Waals surface area (Å²) in [5, 5.41) is 9.58. The summed E-state index contributed by atoms with van der Waals surface area (Å²) in [7, 11) is -3.01. The van der Waals surface area contributed by atoms with Gasteiger partial charge in [0.05, 0.1) is 23.2 Å². The van der Waals surface area contributed by atoms with Crippen LogP contribution in [0.5, 0.6) is 0 Å². The fourth-order valence-electron chi connectivity index (χ4n) is 3.77. The van der Waals surface area contributed by atoms with Crippen LogP contribution in [0.1, 0.15) is 46.5 Å². The Labute approximate surface area is 144 Å². The highest BCUT2D eigenvalue weighted by molar-refractivity contribution is 7.91. The van der Waals surface area contributed by atoms with E-state index in [2.05, 4.69) is 23.4 Å². The number of carbonyl (C=O) groups excluding carboxylic acids is 1. The van der Waals surface area contributed by atoms with Gasteiger partial charge in [-0.1, -0.05) is 0 Å². The van der Waals surface area contributed by atoms with E-state index in [0.717, 1.165) is 11.3 Å². The Bertz CT molecular complexity index is 927. The van der Waals surface area contributed by atoms with E-state index in [1.165, 1.54) is 10.4 Å². The number of hydrogen-bond donors (Lipinski definition) is 1. The smallest absolute Gasteiger partial charge is 0.226 e. The first-order valence-corrected chi connectivity index (χ1v) is 10.7. The molecular formula is C16H19N3O3S2. The molecule has 0 unspecified atom stereocenters. The van der Waals surface area contributed by atoms with Gasteiger partial charge in [0, 0.05) is 22.8 Å². The first kappa shape index (κ1) is 15.8. The number of nitrogens with zero attached hydrogens (tertiary/aromatic N) is 2. The minimum Gasteiger partial charge on any atom is -0.311 e. The molecule has 1 amide bonds. The molecule has 8 heteroatoms. The van der Waals surface area contributed by atoms with Crippen molar-refractivity contribution in [1.82, 2.24) is 9.78 Å². The van der Waals surface area contributed by atoms with E-state index < -0.39 is 9.84 Å². The van der Waals surface area contributed by atoms with Crippen LogP contribution in [0, 0.1) is 13.8 Å². The number of hydrogen-bond acceptors (Lipinski definition) is 5. The normalized spacial score (nSPS) is 25.5. The molecule has 128 valence electrons. The van der Waals surface area contributed by atoms with Crippen molar-refractivity contribution >= 4 is 32.9 Å². The Balaban J connectivity index is 1.82. The molecule has 0 radical (unpaired) electrons. The molecule has 4 heterocycles. The molecule has 1 N–H and O–H groups in total. The molecule has 2 aromatic heterocycles. The van der Waals surface area contributed by atoms with E-state index >= 15 is 0 Å². The lowest BCUT2D eigenvalue weighted by Gasteiger charge is -2.25. The Hall–Kier alpha value is -1.67. The zero-order valence-electron chi connectivity index (χ0n) is 13.6. The molecule has 0 aliphatic carbocycles. The van der Waals surface area contributed by atoms with Crippen LogP contribution >= 0.6 is 11.3 Å². The molecule has 4 rings (SSSR count). The highest BCUT2D eigenvalue weighted by atomic mass is 32.2. The summed E-state index contributed by atoms with van der Waals surface area (Å²) in [5.74, 6) is 0.928. The summed E-state index contributed by atoms with van der Waals surface area (Å²) in [4.78, 5) is 13.5. The summed E-state index contributed by atoms with van der Waals surface area (Å²) in [6.07, 6.45) is 0.957. The van der Waals surface area contributed by atoms with Crippen molar-refractivity contribution in [3.05, 3.63) is 33.1 Å². The zero-order chi connectivity index (χ0) is 17.1. The van der Waals surface area contributed by atoms with Gasteiger partial charge >= 0.3 is 0 Å². The van der Waals surface area contributed by atoms with Crippen LogP contribution in [0.25, 0.3) is 0 Å². The molecule has 2 aliphatic heterocycles. The third-order valence-electron chi connectivity index (χ3n) is 4.90. The molecule has 2 aliphatic rings. The highest BCUT2D eigenvalue weighted by Gasteiger charge is 2.37. The predicted octanol–water partition coefficient (Wildman–Crippen LogP) is 2.40. The highest BCUT2D eigenvalue weighted by Crippen LogP contribution is 2.43. The fourth-order valence-corrected chi connectivity index (χ4v) is 6.50. The Morgan fingerprint density at radius 3 is 2.79 bits per heavy atom. The Kier molecular flexibility index (Phi) is 3.58. The van der Waals surface area contributed by atoms with Crippen molar-refractivity contribution in [2.45, 2.75) is 38.6 Å². The Morgan fingerprint density at radius 2 is 2.17 bits per heavy atom. The minimum atomic E-state index is -3.01. The average Bonchev–Trinajstić information content (AvgIpc) is 3.16. The lowest BCUT2D eigenvalue weighted by molar-refractivity contribution is -0.116. The maximum absolute atomic E-state index is 12.3. The molecule has 1 fully saturated rings. The van der Waals surface area contributed by atoms with E-state index in [9.17, 15) is 13.2 Å². The van der Waals surface area contributed by atoms with E-state index in [4.69, 9.17) is 0 Å². The average molecular weight is 365 g/mol. The molecule has 1 saturated heterocycles. The Morgan fingerprint density at radius 1 is 1.38 bits per heavy atom. The van der Waals surface area contributed by atoms with Crippen LogP contribution in [0.2, 0.25) is 0 Å².